The number of nitrogens with zero attached hydrogens (tertiary/aromatic N) is 1. The van der Waals surface area contributed by atoms with E-state index in [1.807, 2.05) is 30.3 Å². The van der Waals surface area contributed by atoms with E-state index in [-0.39, 0.29) is 16.6 Å². The molecule has 3 aromatic rings. The second kappa shape index (κ2) is 7.01. The van der Waals surface area contributed by atoms with Gasteiger partial charge in [-0.05, 0) is 54.2 Å². The molecular formula is C22H26ClNO2Si. The van der Waals surface area contributed by atoms with Gasteiger partial charge in [0.1, 0.15) is 0 Å². The lowest BCUT2D eigenvalue weighted by Gasteiger charge is -2.38. The molecule has 3 rings (SSSR count). The van der Waals surface area contributed by atoms with Crippen molar-refractivity contribution in [3.05, 3.63) is 63.4 Å². The van der Waals surface area contributed by atoms with Crippen molar-refractivity contribution in [1.82, 2.24) is 4.98 Å². The fraction of sp³-hybridized carbons (Fsp3) is 0.364. The molecule has 0 bridgehead atoms. The summed E-state index contributed by atoms with van der Waals surface area (Å²) in [6.07, 6.45) is 1.49. The molecular weight excluding hydrogens is 374 g/mol. The van der Waals surface area contributed by atoms with E-state index in [0.29, 0.717) is 21.3 Å². The molecule has 0 aliphatic carbocycles. The summed E-state index contributed by atoms with van der Waals surface area (Å²) < 4.78 is 6.51. The van der Waals surface area contributed by atoms with Gasteiger partial charge in [-0.1, -0.05) is 50.6 Å². The summed E-state index contributed by atoms with van der Waals surface area (Å²) in [6.45, 7) is 13.2. The van der Waals surface area contributed by atoms with Crippen molar-refractivity contribution in [3.63, 3.8) is 0 Å². The number of halogens is 1. The van der Waals surface area contributed by atoms with Gasteiger partial charge in [-0.25, -0.2) is 0 Å². The molecule has 1 unspecified atom stereocenters. The van der Waals surface area contributed by atoms with Crippen molar-refractivity contribution >= 4 is 41.6 Å². The summed E-state index contributed by atoms with van der Waals surface area (Å²) in [5, 5.41) is 2.68. The van der Waals surface area contributed by atoms with Crippen LogP contribution >= 0.6 is 11.6 Å². The minimum absolute atomic E-state index is 0.0543. The molecule has 0 aliphatic rings. The maximum atomic E-state index is 13.1. The quantitative estimate of drug-likeness (QED) is 0.473. The molecule has 0 N–H and O–H groups in total. The summed E-state index contributed by atoms with van der Waals surface area (Å²) >= 11 is 6.07. The number of pyridine rings is 1. The van der Waals surface area contributed by atoms with Gasteiger partial charge in [0.05, 0.1) is 16.6 Å². The van der Waals surface area contributed by atoms with Gasteiger partial charge in [0, 0.05) is 17.0 Å². The molecule has 27 heavy (non-hydrogen) atoms. The maximum Gasteiger partial charge on any atom is 0.195 e. The summed E-state index contributed by atoms with van der Waals surface area (Å²) in [5.74, 6) is 0. The van der Waals surface area contributed by atoms with Crippen molar-refractivity contribution in [1.29, 1.82) is 0 Å². The van der Waals surface area contributed by atoms with Crippen molar-refractivity contribution in [2.75, 3.05) is 0 Å². The zero-order chi connectivity index (χ0) is 20.0. The number of hydrogen-bond donors (Lipinski definition) is 0. The molecule has 0 spiro atoms. The Kier molecular flexibility index (Phi) is 5.19. The Morgan fingerprint density at radius 2 is 1.74 bits per heavy atom. The van der Waals surface area contributed by atoms with Crippen molar-refractivity contribution in [3.8, 4) is 0 Å². The van der Waals surface area contributed by atoms with Crippen LogP contribution in [0.25, 0.3) is 21.7 Å². The van der Waals surface area contributed by atoms with Gasteiger partial charge in [-0.2, -0.15) is 0 Å². The number of fused-ring (bicyclic) bond motifs is 2. The molecule has 1 aromatic heterocycles. The molecule has 0 saturated heterocycles. The normalized spacial score (nSPS) is 13.9. The highest BCUT2D eigenvalue weighted by molar-refractivity contribution is 6.74. The van der Waals surface area contributed by atoms with Gasteiger partial charge in [-0.3, -0.25) is 9.78 Å². The number of aromatic nitrogens is 1. The molecule has 1 atom stereocenters. The highest BCUT2D eigenvalue weighted by Gasteiger charge is 2.38. The maximum absolute atomic E-state index is 13.1. The van der Waals surface area contributed by atoms with Crippen LogP contribution in [0.4, 0.5) is 0 Å². The van der Waals surface area contributed by atoms with Crippen molar-refractivity contribution < 1.29 is 4.43 Å². The molecule has 0 radical (unpaired) electrons. The van der Waals surface area contributed by atoms with Gasteiger partial charge in [-0.15, -0.1) is 0 Å². The van der Waals surface area contributed by atoms with E-state index in [9.17, 15) is 4.79 Å². The van der Waals surface area contributed by atoms with Crippen molar-refractivity contribution in [2.45, 2.75) is 51.9 Å². The molecule has 0 aliphatic heterocycles. The molecule has 2 aromatic carbocycles. The molecule has 0 saturated carbocycles. The average molecular weight is 400 g/mol. The van der Waals surface area contributed by atoms with E-state index in [1.165, 1.54) is 0 Å². The Balaban J connectivity index is 2.13. The van der Waals surface area contributed by atoms with Crippen LogP contribution in [0.15, 0.2) is 47.4 Å². The molecule has 0 amide bonds. The monoisotopic (exact) mass is 399 g/mol. The number of hydrogen-bond acceptors (Lipinski definition) is 3. The fourth-order valence-corrected chi connectivity index (χ4v) is 4.47. The van der Waals surface area contributed by atoms with E-state index in [1.54, 1.807) is 12.3 Å². The van der Waals surface area contributed by atoms with E-state index in [2.05, 4.69) is 45.8 Å². The van der Waals surface area contributed by atoms with Gasteiger partial charge >= 0.3 is 0 Å². The van der Waals surface area contributed by atoms with E-state index in [4.69, 9.17) is 16.0 Å². The lowest BCUT2D eigenvalue weighted by atomic mass is 10.1. The predicted octanol–water partition coefficient (Wildman–Crippen LogP) is 6.48. The van der Waals surface area contributed by atoms with Crippen LogP contribution in [-0.4, -0.2) is 13.3 Å². The average Bonchev–Trinajstić information content (AvgIpc) is 2.71. The first kappa shape index (κ1) is 20.0. The van der Waals surface area contributed by atoms with Crippen LogP contribution in [0.3, 0.4) is 0 Å². The first-order chi connectivity index (χ1) is 12.5. The van der Waals surface area contributed by atoms with Crippen molar-refractivity contribution in [2.24, 2.45) is 0 Å². The van der Waals surface area contributed by atoms with E-state index in [0.717, 1.165) is 10.9 Å². The SMILES string of the molecule is CC(O[Si](C)(C)C(C)(C)C)c1ccc2ccc3ncc(Cl)cc3c(=O)c2c1. The third-order valence-electron chi connectivity index (χ3n) is 5.62. The largest absolute Gasteiger partial charge is 0.410 e. The Hall–Kier alpha value is -1.75. The van der Waals surface area contributed by atoms with Gasteiger partial charge in [0.15, 0.2) is 13.7 Å². The fourth-order valence-electron chi connectivity index (χ4n) is 2.93. The van der Waals surface area contributed by atoms with Crippen LogP contribution in [0.2, 0.25) is 23.2 Å². The topological polar surface area (TPSA) is 39.2 Å². The molecule has 1 heterocycles. The Bertz CT molecular complexity index is 1070. The first-order valence-electron chi connectivity index (χ1n) is 9.20. The molecule has 5 heteroatoms. The zero-order valence-corrected chi connectivity index (χ0v) is 18.5. The molecule has 0 fully saturated rings. The Morgan fingerprint density at radius 1 is 1.07 bits per heavy atom. The van der Waals surface area contributed by atoms with Crippen LogP contribution < -0.4 is 5.43 Å². The summed E-state index contributed by atoms with van der Waals surface area (Å²) in [4.78, 5) is 17.4. The van der Waals surface area contributed by atoms with Crippen LogP contribution in [0.1, 0.15) is 39.4 Å². The molecule has 3 nitrogen and oxygen atoms in total. The van der Waals surface area contributed by atoms with E-state index < -0.39 is 8.32 Å². The van der Waals surface area contributed by atoms with Gasteiger partial charge in [0.2, 0.25) is 0 Å². The van der Waals surface area contributed by atoms with Gasteiger partial charge in [0.25, 0.3) is 0 Å². The summed E-state index contributed by atoms with van der Waals surface area (Å²) in [7, 11) is -1.90. The van der Waals surface area contributed by atoms with Crippen LogP contribution in [0.5, 0.6) is 0 Å². The zero-order valence-electron chi connectivity index (χ0n) is 16.8. The summed E-state index contributed by atoms with van der Waals surface area (Å²) in [6, 6.07) is 11.5. The minimum Gasteiger partial charge on any atom is -0.410 e. The van der Waals surface area contributed by atoms with E-state index >= 15 is 0 Å². The third-order valence-corrected chi connectivity index (χ3v) is 10.4. The van der Waals surface area contributed by atoms with Crippen LogP contribution in [-0.2, 0) is 4.43 Å². The second-order valence-corrected chi connectivity index (χ2v) is 13.8. The second-order valence-electron chi connectivity index (χ2n) is 8.62. The number of rotatable bonds is 3. The number of benzene rings is 1. The minimum atomic E-state index is -1.90. The standard InChI is InChI=1S/C22H26ClNO2Si/c1-14(26-27(5,6)22(2,3)4)16-8-7-15-9-10-20-19(12-17(23)13-24-20)21(25)18(15)11-16/h7-14H,1-6H3. The third kappa shape index (κ3) is 3.93. The Morgan fingerprint density at radius 3 is 2.41 bits per heavy atom. The lowest BCUT2D eigenvalue weighted by molar-refractivity contribution is 0.203. The van der Waals surface area contributed by atoms with Gasteiger partial charge < -0.3 is 4.43 Å². The Labute approximate surface area is 166 Å². The lowest BCUT2D eigenvalue weighted by Crippen LogP contribution is -2.41. The first-order valence-corrected chi connectivity index (χ1v) is 12.5. The highest BCUT2D eigenvalue weighted by Crippen LogP contribution is 2.39. The van der Waals surface area contributed by atoms with Crippen LogP contribution in [0, 0.1) is 0 Å². The highest BCUT2D eigenvalue weighted by atomic mass is 35.5. The molecule has 142 valence electrons. The summed E-state index contributed by atoms with van der Waals surface area (Å²) in [5.41, 5.74) is 1.60. The predicted molar refractivity (Wildman–Crippen MR) is 117 cm³/mol. The smallest absolute Gasteiger partial charge is 0.195 e.